The predicted molar refractivity (Wildman–Crippen MR) is 89.2 cm³/mol. The summed E-state index contributed by atoms with van der Waals surface area (Å²) in [4.78, 5) is 15.4. The maximum Gasteiger partial charge on any atom is 0.250 e. The van der Waals surface area contributed by atoms with Crippen molar-refractivity contribution in [3.05, 3.63) is 23.3 Å². The molecule has 2 fully saturated rings. The Hall–Kier alpha value is -1.16. The van der Waals surface area contributed by atoms with Crippen molar-refractivity contribution in [2.24, 2.45) is 11.1 Å². The molecule has 21 heavy (non-hydrogen) atoms. The van der Waals surface area contributed by atoms with Crippen LogP contribution in [0, 0.1) is 12.3 Å². The fraction of sp³-hybridized carbons (Fsp3) is 0.588. The highest BCUT2D eigenvalue weighted by Crippen LogP contribution is 2.54. The van der Waals surface area contributed by atoms with E-state index >= 15 is 0 Å². The van der Waals surface area contributed by atoms with Crippen LogP contribution in [0.5, 0.6) is 0 Å². The number of piperidine rings is 1. The Balaban J connectivity index is 1.91. The lowest BCUT2D eigenvalue weighted by Gasteiger charge is -2.35. The van der Waals surface area contributed by atoms with Crippen LogP contribution in [0.1, 0.15) is 48.5 Å². The van der Waals surface area contributed by atoms with Crippen LogP contribution in [0.2, 0.25) is 0 Å². The van der Waals surface area contributed by atoms with E-state index in [1.807, 2.05) is 17.8 Å². The zero-order valence-electron chi connectivity index (χ0n) is 12.9. The van der Waals surface area contributed by atoms with Gasteiger partial charge in [0.15, 0.2) is 0 Å². The number of hydrogen-bond donors (Lipinski definition) is 1. The summed E-state index contributed by atoms with van der Waals surface area (Å²) in [5.74, 6) is 0.729. The lowest BCUT2D eigenvalue weighted by atomic mass is 9.93. The van der Waals surface area contributed by atoms with Crippen molar-refractivity contribution in [2.45, 2.75) is 44.4 Å². The first-order chi connectivity index (χ1) is 10.0. The molecular formula is C17H24N2OS. The Morgan fingerprint density at radius 1 is 1.29 bits per heavy atom. The SMILES string of the molecule is CCSc1cc(N2CCC3(CC2)CC3)c(C(N)=O)cc1C. The van der Waals surface area contributed by atoms with Crippen LogP contribution in [-0.4, -0.2) is 24.7 Å². The summed E-state index contributed by atoms with van der Waals surface area (Å²) >= 11 is 1.83. The third kappa shape index (κ3) is 2.91. The molecule has 3 rings (SSSR count). The number of carbonyl (C=O) groups is 1. The second-order valence-electron chi connectivity index (χ2n) is 6.42. The number of amides is 1. The lowest BCUT2D eigenvalue weighted by molar-refractivity contribution is 0.100. The highest BCUT2D eigenvalue weighted by Gasteiger charge is 2.44. The third-order valence-electron chi connectivity index (χ3n) is 4.98. The maximum atomic E-state index is 11.8. The van der Waals surface area contributed by atoms with Crippen molar-refractivity contribution < 1.29 is 4.79 Å². The minimum absolute atomic E-state index is 0.312. The summed E-state index contributed by atoms with van der Waals surface area (Å²) in [6, 6.07) is 4.14. The van der Waals surface area contributed by atoms with Crippen molar-refractivity contribution in [2.75, 3.05) is 23.7 Å². The Kier molecular flexibility index (Phi) is 3.91. The van der Waals surface area contributed by atoms with Crippen molar-refractivity contribution in [1.29, 1.82) is 0 Å². The zero-order chi connectivity index (χ0) is 15.0. The fourth-order valence-electron chi connectivity index (χ4n) is 3.35. The first-order valence-electron chi connectivity index (χ1n) is 7.87. The first kappa shape index (κ1) is 14.8. The molecule has 0 unspecified atom stereocenters. The molecule has 0 bridgehead atoms. The van der Waals surface area contributed by atoms with E-state index in [0.29, 0.717) is 11.0 Å². The minimum Gasteiger partial charge on any atom is -0.371 e. The highest BCUT2D eigenvalue weighted by molar-refractivity contribution is 7.99. The molecule has 0 radical (unpaired) electrons. The summed E-state index contributed by atoms with van der Waals surface area (Å²) in [5.41, 5.74) is 9.13. The van der Waals surface area contributed by atoms with Gasteiger partial charge in [0.1, 0.15) is 0 Å². The van der Waals surface area contributed by atoms with Crippen LogP contribution in [0.4, 0.5) is 5.69 Å². The van der Waals surface area contributed by atoms with Crippen LogP contribution in [-0.2, 0) is 0 Å². The monoisotopic (exact) mass is 304 g/mol. The molecule has 114 valence electrons. The number of anilines is 1. The van der Waals surface area contributed by atoms with Gasteiger partial charge in [0.25, 0.3) is 5.91 Å². The number of thioether (sulfide) groups is 1. The van der Waals surface area contributed by atoms with Crippen LogP contribution in [0.25, 0.3) is 0 Å². The summed E-state index contributed by atoms with van der Waals surface area (Å²) < 4.78 is 0. The number of nitrogens with zero attached hydrogens (tertiary/aromatic N) is 1. The van der Waals surface area contributed by atoms with E-state index in [9.17, 15) is 4.79 Å². The molecule has 1 spiro atoms. The molecule has 2 N–H and O–H groups in total. The molecule has 0 aromatic heterocycles. The van der Waals surface area contributed by atoms with Gasteiger partial charge >= 0.3 is 0 Å². The van der Waals surface area contributed by atoms with E-state index in [1.54, 1.807) is 0 Å². The van der Waals surface area contributed by atoms with Gasteiger partial charge in [0.2, 0.25) is 0 Å². The van der Waals surface area contributed by atoms with Gasteiger partial charge < -0.3 is 10.6 Å². The van der Waals surface area contributed by atoms with E-state index in [4.69, 9.17) is 5.73 Å². The molecule has 1 aliphatic carbocycles. The molecular weight excluding hydrogens is 280 g/mol. The second kappa shape index (κ2) is 5.56. The van der Waals surface area contributed by atoms with Gasteiger partial charge in [-0.05, 0) is 61.5 Å². The van der Waals surface area contributed by atoms with Crippen molar-refractivity contribution >= 4 is 23.4 Å². The fourth-order valence-corrected chi connectivity index (χ4v) is 4.14. The number of benzene rings is 1. The molecule has 0 atom stereocenters. The van der Waals surface area contributed by atoms with Gasteiger partial charge in [-0.25, -0.2) is 0 Å². The van der Waals surface area contributed by atoms with Gasteiger partial charge in [0, 0.05) is 18.0 Å². The predicted octanol–water partition coefficient (Wildman–Crippen LogP) is 3.59. The number of rotatable bonds is 4. The summed E-state index contributed by atoms with van der Waals surface area (Å²) in [6.07, 6.45) is 5.31. The van der Waals surface area contributed by atoms with Gasteiger partial charge in [-0.2, -0.15) is 0 Å². The summed E-state index contributed by atoms with van der Waals surface area (Å²) in [6.45, 7) is 6.33. The van der Waals surface area contributed by atoms with Crippen LogP contribution in [0.3, 0.4) is 0 Å². The van der Waals surface area contributed by atoms with E-state index in [2.05, 4.69) is 24.8 Å². The van der Waals surface area contributed by atoms with Gasteiger partial charge in [-0.15, -0.1) is 11.8 Å². The van der Waals surface area contributed by atoms with E-state index in [-0.39, 0.29) is 5.91 Å². The normalized spacial score (nSPS) is 19.8. The largest absolute Gasteiger partial charge is 0.371 e. The average molecular weight is 304 g/mol. The van der Waals surface area contributed by atoms with Crippen molar-refractivity contribution in [3.8, 4) is 0 Å². The smallest absolute Gasteiger partial charge is 0.250 e. The standard InChI is InChI=1S/C17H24N2OS/c1-3-21-15-11-14(13(16(18)20)10-12(15)2)19-8-6-17(4-5-17)7-9-19/h10-11H,3-9H2,1-2H3,(H2,18,20). The number of hydrogen-bond acceptors (Lipinski definition) is 3. The van der Waals surface area contributed by atoms with Gasteiger partial charge in [-0.1, -0.05) is 6.92 Å². The Morgan fingerprint density at radius 3 is 2.48 bits per heavy atom. The number of primary amides is 1. The van der Waals surface area contributed by atoms with E-state index in [1.165, 1.54) is 30.6 Å². The van der Waals surface area contributed by atoms with E-state index < -0.39 is 0 Å². The van der Waals surface area contributed by atoms with Gasteiger partial charge in [-0.3, -0.25) is 4.79 Å². The minimum atomic E-state index is -0.312. The lowest BCUT2D eigenvalue weighted by Crippen LogP contribution is -2.35. The Bertz CT molecular complexity index is 556. The zero-order valence-corrected chi connectivity index (χ0v) is 13.8. The molecule has 1 saturated heterocycles. The molecule has 1 aromatic rings. The van der Waals surface area contributed by atoms with Crippen molar-refractivity contribution in [1.82, 2.24) is 0 Å². The molecule has 3 nitrogen and oxygen atoms in total. The van der Waals surface area contributed by atoms with E-state index in [0.717, 1.165) is 30.1 Å². The molecule has 1 saturated carbocycles. The topological polar surface area (TPSA) is 46.3 Å². The number of aryl methyl sites for hydroxylation is 1. The molecule has 4 heteroatoms. The van der Waals surface area contributed by atoms with Crippen molar-refractivity contribution in [3.63, 3.8) is 0 Å². The Morgan fingerprint density at radius 2 is 1.95 bits per heavy atom. The molecule has 1 amide bonds. The highest BCUT2D eigenvalue weighted by atomic mass is 32.2. The van der Waals surface area contributed by atoms with Crippen LogP contribution in [0.15, 0.2) is 17.0 Å². The van der Waals surface area contributed by atoms with Crippen LogP contribution >= 0.6 is 11.8 Å². The van der Waals surface area contributed by atoms with Crippen LogP contribution < -0.4 is 10.6 Å². The Labute approximate surface area is 131 Å². The molecule has 1 heterocycles. The van der Waals surface area contributed by atoms with Gasteiger partial charge in [0.05, 0.1) is 11.3 Å². The quantitative estimate of drug-likeness (QED) is 0.865. The molecule has 2 aliphatic rings. The second-order valence-corrected chi connectivity index (χ2v) is 7.73. The first-order valence-corrected chi connectivity index (χ1v) is 8.85. The number of nitrogens with two attached hydrogens (primary N) is 1. The third-order valence-corrected chi connectivity index (χ3v) is 6.02. The maximum absolute atomic E-state index is 11.8. The number of carbonyl (C=O) groups excluding carboxylic acids is 1. The molecule has 1 aromatic carbocycles. The average Bonchev–Trinajstić information content (AvgIpc) is 3.21. The summed E-state index contributed by atoms with van der Waals surface area (Å²) in [7, 11) is 0. The molecule has 1 aliphatic heterocycles. The summed E-state index contributed by atoms with van der Waals surface area (Å²) in [5, 5.41) is 0.